The second-order valence-corrected chi connectivity index (χ2v) is 7.53. The quantitative estimate of drug-likeness (QED) is 0.285. The minimum atomic E-state index is -0.375. The van der Waals surface area contributed by atoms with Crippen LogP contribution in [0.1, 0.15) is 31.2 Å². The zero-order valence-electron chi connectivity index (χ0n) is 15.1. The van der Waals surface area contributed by atoms with Crippen molar-refractivity contribution in [1.29, 1.82) is 0 Å². The summed E-state index contributed by atoms with van der Waals surface area (Å²) in [6, 6.07) is 17.9. The molecule has 4 nitrogen and oxygen atoms in total. The number of thiophene rings is 1. The molecule has 142 valence electrons. The van der Waals surface area contributed by atoms with Crippen molar-refractivity contribution in [1.82, 2.24) is 0 Å². The van der Waals surface area contributed by atoms with Gasteiger partial charge < -0.3 is 9.47 Å². The summed E-state index contributed by atoms with van der Waals surface area (Å²) in [5.74, 6) is 0.178. The fraction of sp³-hybridized carbons (Fsp3) is 0.0909. The minimum Gasteiger partial charge on any atom is -0.488 e. The van der Waals surface area contributed by atoms with Crippen molar-refractivity contribution in [3.05, 3.63) is 92.6 Å². The first-order valence-electron chi connectivity index (χ1n) is 8.43. The van der Waals surface area contributed by atoms with E-state index in [1.165, 1.54) is 24.5 Å². The van der Waals surface area contributed by atoms with Crippen molar-refractivity contribution in [2.75, 3.05) is 7.11 Å². The molecule has 1 heterocycles. The maximum absolute atomic E-state index is 12.2. The predicted octanol–water partition coefficient (Wildman–Crippen LogP) is 5.66. The number of methoxy groups -OCH3 is 1. The molecule has 0 aliphatic carbocycles. The summed E-state index contributed by atoms with van der Waals surface area (Å²) in [6.45, 7) is 0.334. The van der Waals surface area contributed by atoms with Crippen LogP contribution in [0, 0.1) is 0 Å². The molecule has 0 atom stereocenters. The van der Waals surface area contributed by atoms with E-state index in [4.69, 9.17) is 16.3 Å². The van der Waals surface area contributed by atoms with Crippen molar-refractivity contribution in [2.45, 2.75) is 6.61 Å². The highest BCUT2D eigenvalue weighted by Crippen LogP contribution is 2.24. The third-order valence-corrected chi connectivity index (χ3v) is 5.16. The summed E-state index contributed by atoms with van der Waals surface area (Å²) in [6.07, 6.45) is 3.24. The minimum absolute atomic E-state index is 0.106. The molecule has 28 heavy (non-hydrogen) atoms. The second-order valence-electron chi connectivity index (χ2n) is 5.82. The first-order valence-corrected chi connectivity index (χ1v) is 9.63. The van der Waals surface area contributed by atoms with Gasteiger partial charge in [0.1, 0.15) is 12.4 Å². The smallest absolute Gasteiger partial charge is 0.337 e. The van der Waals surface area contributed by atoms with Crippen molar-refractivity contribution in [3.8, 4) is 5.75 Å². The van der Waals surface area contributed by atoms with Crippen LogP contribution in [0.4, 0.5) is 0 Å². The van der Waals surface area contributed by atoms with Crippen LogP contribution in [0.3, 0.4) is 0 Å². The Morgan fingerprint density at radius 1 is 1.04 bits per heavy atom. The molecule has 0 N–H and O–H groups in total. The molecular formula is C22H17ClO4S. The van der Waals surface area contributed by atoms with Crippen molar-refractivity contribution >= 4 is 40.8 Å². The Labute approximate surface area is 172 Å². The molecule has 0 fully saturated rings. The van der Waals surface area contributed by atoms with Gasteiger partial charge in [0, 0.05) is 5.56 Å². The number of esters is 1. The number of hydrogen-bond acceptors (Lipinski definition) is 5. The summed E-state index contributed by atoms with van der Waals surface area (Å²) in [5, 5.41) is 0. The SMILES string of the molecule is COC(=O)c1ccc(COc2ccccc2/C=C/C(=O)c2ccc(Cl)s2)cc1. The Morgan fingerprint density at radius 3 is 2.46 bits per heavy atom. The Morgan fingerprint density at radius 2 is 1.79 bits per heavy atom. The lowest BCUT2D eigenvalue weighted by Gasteiger charge is -2.09. The number of carbonyl (C=O) groups is 2. The topological polar surface area (TPSA) is 52.6 Å². The van der Waals surface area contributed by atoms with Crippen molar-refractivity contribution < 1.29 is 19.1 Å². The third-order valence-electron chi connectivity index (χ3n) is 3.92. The van der Waals surface area contributed by atoms with Gasteiger partial charge in [0.15, 0.2) is 5.78 Å². The van der Waals surface area contributed by atoms with E-state index in [2.05, 4.69) is 4.74 Å². The number of allylic oxidation sites excluding steroid dienone is 1. The van der Waals surface area contributed by atoms with Crippen LogP contribution < -0.4 is 4.74 Å². The number of ether oxygens (including phenoxy) is 2. The lowest BCUT2D eigenvalue weighted by Crippen LogP contribution is -2.02. The van der Waals surface area contributed by atoms with E-state index in [1.807, 2.05) is 36.4 Å². The number of ketones is 1. The van der Waals surface area contributed by atoms with Gasteiger partial charge in [-0.2, -0.15) is 0 Å². The fourth-order valence-electron chi connectivity index (χ4n) is 2.46. The molecule has 0 unspecified atom stereocenters. The van der Waals surface area contributed by atoms with E-state index in [9.17, 15) is 9.59 Å². The largest absolute Gasteiger partial charge is 0.488 e. The van der Waals surface area contributed by atoms with Crippen LogP contribution in [0.15, 0.2) is 66.7 Å². The van der Waals surface area contributed by atoms with E-state index in [0.717, 1.165) is 11.1 Å². The maximum atomic E-state index is 12.2. The Bertz CT molecular complexity index is 1010. The molecule has 3 aromatic rings. The van der Waals surface area contributed by atoms with Gasteiger partial charge in [-0.3, -0.25) is 4.79 Å². The van der Waals surface area contributed by atoms with Gasteiger partial charge in [-0.1, -0.05) is 41.9 Å². The van der Waals surface area contributed by atoms with E-state index in [0.29, 0.717) is 27.1 Å². The normalized spacial score (nSPS) is 10.8. The van der Waals surface area contributed by atoms with Crippen LogP contribution in [0.5, 0.6) is 5.75 Å². The molecule has 0 radical (unpaired) electrons. The van der Waals surface area contributed by atoms with E-state index < -0.39 is 0 Å². The standard InChI is InChI=1S/C22H17ClO4S/c1-26-22(25)17-8-6-15(7-9-17)14-27-19-5-3-2-4-16(19)10-11-18(24)20-12-13-21(23)28-20/h2-13H,14H2,1H3/b11-10+. The monoisotopic (exact) mass is 412 g/mol. The van der Waals surface area contributed by atoms with Crippen LogP contribution in [-0.4, -0.2) is 18.9 Å². The summed E-state index contributed by atoms with van der Waals surface area (Å²) >= 11 is 7.13. The highest BCUT2D eigenvalue weighted by molar-refractivity contribution is 7.18. The molecule has 1 aromatic heterocycles. The Kier molecular flexibility index (Phi) is 6.63. The summed E-state index contributed by atoms with van der Waals surface area (Å²) in [7, 11) is 1.35. The van der Waals surface area contributed by atoms with Gasteiger partial charge in [0.25, 0.3) is 0 Å². The van der Waals surface area contributed by atoms with Gasteiger partial charge in [0.2, 0.25) is 0 Å². The lowest BCUT2D eigenvalue weighted by molar-refractivity contribution is 0.0600. The van der Waals surface area contributed by atoms with Crippen molar-refractivity contribution in [3.63, 3.8) is 0 Å². The number of halogens is 1. The van der Waals surface area contributed by atoms with Gasteiger partial charge >= 0.3 is 5.97 Å². The lowest BCUT2D eigenvalue weighted by atomic mass is 10.1. The molecule has 0 aliphatic heterocycles. The molecule has 0 aliphatic rings. The van der Waals surface area contributed by atoms with Gasteiger partial charge in [-0.25, -0.2) is 4.79 Å². The van der Waals surface area contributed by atoms with Crippen LogP contribution in [0.2, 0.25) is 4.34 Å². The molecule has 0 spiro atoms. The first-order chi connectivity index (χ1) is 13.6. The molecule has 2 aromatic carbocycles. The maximum Gasteiger partial charge on any atom is 0.337 e. The van der Waals surface area contributed by atoms with E-state index in [1.54, 1.807) is 30.3 Å². The highest BCUT2D eigenvalue weighted by Gasteiger charge is 2.07. The molecular weight excluding hydrogens is 396 g/mol. The van der Waals surface area contributed by atoms with E-state index >= 15 is 0 Å². The van der Waals surface area contributed by atoms with Gasteiger partial charge in [0.05, 0.1) is 21.9 Å². The fourth-order valence-corrected chi connectivity index (χ4v) is 3.42. The van der Waals surface area contributed by atoms with Crippen LogP contribution >= 0.6 is 22.9 Å². The molecule has 6 heteroatoms. The van der Waals surface area contributed by atoms with Crippen LogP contribution in [-0.2, 0) is 11.3 Å². The van der Waals surface area contributed by atoms with Crippen molar-refractivity contribution in [2.24, 2.45) is 0 Å². The highest BCUT2D eigenvalue weighted by atomic mass is 35.5. The average Bonchev–Trinajstić information content (AvgIpc) is 3.17. The Balaban J connectivity index is 1.67. The average molecular weight is 413 g/mol. The molecule has 0 saturated heterocycles. The molecule has 0 bridgehead atoms. The third kappa shape index (κ3) is 5.09. The number of para-hydroxylation sites is 1. The predicted molar refractivity (Wildman–Crippen MR) is 111 cm³/mol. The summed E-state index contributed by atoms with van der Waals surface area (Å²) < 4.78 is 11.2. The molecule has 3 rings (SSSR count). The van der Waals surface area contributed by atoms with Crippen LogP contribution in [0.25, 0.3) is 6.08 Å². The summed E-state index contributed by atoms with van der Waals surface area (Å²) in [5.41, 5.74) is 2.20. The number of rotatable bonds is 7. The number of hydrogen-bond donors (Lipinski definition) is 0. The van der Waals surface area contributed by atoms with E-state index in [-0.39, 0.29) is 11.8 Å². The number of carbonyl (C=O) groups excluding carboxylic acids is 2. The Hall–Kier alpha value is -2.89. The molecule has 0 saturated carbocycles. The first kappa shape index (κ1) is 19.9. The summed E-state index contributed by atoms with van der Waals surface area (Å²) in [4.78, 5) is 24.3. The zero-order chi connectivity index (χ0) is 19.9. The second kappa shape index (κ2) is 9.35. The number of benzene rings is 2. The molecule has 0 amide bonds. The van der Waals surface area contributed by atoms with Gasteiger partial charge in [-0.05, 0) is 48.0 Å². The zero-order valence-corrected chi connectivity index (χ0v) is 16.6. The van der Waals surface area contributed by atoms with Gasteiger partial charge in [-0.15, -0.1) is 11.3 Å².